The number of aromatic amines is 1. The number of para-hydroxylation sites is 2. The highest BCUT2D eigenvalue weighted by atomic mass is 35.5. The highest BCUT2D eigenvalue weighted by molar-refractivity contribution is 6.35. The molecular weight excluding hydrogens is 345 g/mol. The van der Waals surface area contributed by atoms with E-state index in [-0.39, 0.29) is 0 Å². The minimum Gasteiger partial charge on any atom is -0.342 e. The average molecular weight is 358 g/mol. The maximum absolute atomic E-state index is 6.20. The van der Waals surface area contributed by atoms with E-state index >= 15 is 0 Å². The summed E-state index contributed by atoms with van der Waals surface area (Å²) < 4.78 is 1.76. The van der Waals surface area contributed by atoms with Crippen LogP contribution in [0, 0.1) is 0 Å². The number of nitrogens with one attached hydrogen (secondary N) is 1. The van der Waals surface area contributed by atoms with E-state index in [9.17, 15) is 0 Å². The first-order chi connectivity index (χ1) is 11.7. The van der Waals surface area contributed by atoms with Crippen molar-refractivity contribution in [2.24, 2.45) is 0 Å². The van der Waals surface area contributed by atoms with Crippen LogP contribution in [0.3, 0.4) is 0 Å². The van der Waals surface area contributed by atoms with Crippen LogP contribution >= 0.6 is 23.2 Å². The van der Waals surface area contributed by atoms with Crippen molar-refractivity contribution in [3.05, 3.63) is 75.8 Å². The second-order valence-corrected chi connectivity index (χ2v) is 6.36. The number of rotatable bonds is 4. The number of hydrogen-bond donors (Lipinski definition) is 1. The second kappa shape index (κ2) is 6.26. The van der Waals surface area contributed by atoms with Crippen LogP contribution in [-0.2, 0) is 13.0 Å². The molecule has 0 aliphatic carbocycles. The molecule has 24 heavy (non-hydrogen) atoms. The summed E-state index contributed by atoms with van der Waals surface area (Å²) in [5, 5.41) is 9.61. The van der Waals surface area contributed by atoms with Crippen LogP contribution in [-0.4, -0.2) is 25.0 Å². The second-order valence-electron chi connectivity index (χ2n) is 5.52. The molecule has 0 saturated carbocycles. The van der Waals surface area contributed by atoms with Crippen LogP contribution < -0.4 is 0 Å². The number of imidazole rings is 1. The van der Waals surface area contributed by atoms with Crippen molar-refractivity contribution in [2.75, 3.05) is 0 Å². The molecule has 2 aromatic carbocycles. The van der Waals surface area contributed by atoms with Gasteiger partial charge < -0.3 is 4.98 Å². The van der Waals surface area contributed by atoms with Gasteiger partial charge in [0.05, 0.1) is 29.7 Å². The lowest BCUT2D eigenvalue weighted by Gasteiger charge is -2.03. The lowest BCUT2D eigenvalue weighted by atomic mass is 10.2. The Morgan fingerprint density at radius 3 is 2.79 bits per heavy atom. The molecule has 0 spiro atoms. The zero-order chi connectivity index (χ0) is 16.5. The fraction of sp³-hybridized carbons (Fsp3) is 0.118. The smallest absolute Gasteiger partial charge is 0.113 e. The zero-order valence-corrected chi connectivity index (χ0v) is 14.1. The van der Waals surface area contributed by atoms with Crippen molar-refractivity contribution in [2.45, 2.75) is 13.0 Å². The topological polar surface area (TPSA) is 59.4 Å². The van der Waals surface area contributed by atoms with Crippen molar-refractivity contribution in [1.82, 2.24) is 25.0 Å². The van der Waals surface area contributed by atoms with Crippen molar-refractivity contribution >= 4 is 34.2 Å². The Morgan fingerprint density at radius 1 is 1.08 bits per heavy atom. The molecule has 7 heteroatoms. The Balaban J connectivity index is 1.52. The summed E-state index contributed by atoms with van der Waals surface area (Å²) in [6.07, 6.45) is 2.50. The summed E-state index contributed by atoms with van der Waals surface area (Å²) in [6.45, 7) is 0.545. The molecule has 2 aromatic heterocycles. The van der Waals surface area contributed by atoms with Gasteiger partial charge >= 0.3 is 0 Å². The molecule has 5 nitrogen and oxygen atoms in total. The lowest BCUT2D eigenvalue weighted by Crippen LogP contribution is -2.01. The summed E-state index contributed by atoms with van der Waals surface area (Å²) >= 11 is 12.1. The van der Waals surface area contributed by atoms with E-state index in [2.05, 4.69) is 20.3 Å². The fourth-order valence-electron chi connectivity index (χ4n) is 2.58. The van der Waals surface area contributed by atoms with E-state index in [4.69, 9.17) is 23.2 Å². The number of aromatic nitrogens is 5. The largest absolute Gasteiger partial charge is 0.342 e. The monoisotopic (exact) mass is 357 g/mol. The Morgan fingerprint density at radius 2 is 1.96 bits per heavy atom. The van der Waals surface area contributed by atoms with Gasteiger partial charge in [-0.15, -0.1) is 5.10 Å². The van der Waals surface area contributed by atoms with Crippen LogP contribution in [0.25, 0.3) is 11.0 Å². The van der Waals surface area contributed by atoms with Gasteiger partial charge in [-0.05, 0) is 29.8 Å². The summed E-state index contributed by atoms with van der Waals surface area (Å²) in [4.78, 5) is 7.85. The highest BCUT2D eigenvalue weighted by Gasteiger charge is 2.08. The number of halogens is 2. The molecule has 1 N–H and O–H groups in total. The van der Waals surface area contributed by atoms with Gasteiger partial charge in [-0.1, -0.05) is 46.6 Å². The molecule has 0 aliphatic rings. The molecule has 0 aliphatic heterocycles. The van der Waals surface area contributed by atoms with Gasteiger partial charge in [0, 0.05) is 16.2 Å². The molecule has 0 amide bonds. The molecule has 0 unspecified atom stereocenters. The van der Waals surface area contributed by atoms with E-state index in [0.717, 1.165) is 28.1 Å². The van der Waals surface area contributed by atoms with Crippen LogP contribution in [0.15, 0.2) is 48.7 Å². The van der Waals surface area contributed by atoms with Gasteiger partial charge in [0.25, 0.3) is 0 Å². The van der Waals surface area contributed by atoms with Crippen LogP contribution in [0.1, 0.15) is 17.1 Å². The first kappa shape index (κ1) is 15.2. The minimum absolute atomic E-state index is 0.545. The predicted molar refractivity (Wildman–Crippen MR) is 94.5 cm³/mol. The van der Waals surface area contributed by atoms with E-state index < -0.39 is 0 Å². The molecule has 0 radical (unpaired) electrons. The van der Waals surface area contributed by atoms with Crippen molar-refractivity contribution in [1.29, 1.82) is 0 Å². The Labute approximate surface area is 148 Å². The Bertz CT molecular complexity index is 972. The van der Waals surface area contributed by atoms with Gasteiger partial charge in [0.2, 0.25) is 0 Å². The molecular formula is C17H13Cl2N5. The lowest BCUT2D eigenvalue weighted by molar-refractivity contribution is 0.649. The number of fused-ring (bicyclic) bond motifs is 1. The summed E-state index contributed by atoms with van der Waals surface area (Å²) in [5.41, 5.74) is 3.76. The normalized spacial score (nSPS) is 11.2. The fourth-order valence-corrected chi connectivity index (χ4v) is 3.05. The minimum atomic E-state index is 0.545. The van der Waals surface area contributed by atoms with Crippen molar-refractivity contribution in [3.63, 3.8) is 0 Å². The van der Waals surface area contributed by atoms with Crippen LogP contribution in [0.4, 0.5) is 0 Å². The SMILES string of the molecule is Clc1ccc(Cn2cc(Cc3nc4ccccc4[nH]3)nn2)c(Cl)c1. The average Bonchev–Trinajstić information content (AvgIpc) is 3.16. The first-order valence-electron chi connectivity index (χ1n) is 7.44. The van der Waals surface area contributed by atoms with Crippen LogP contribution in [0.2, 0.25) is 10.0 Å². The quantitative estimate of drug-likeness (QED) is 0.598. The third-order valence-corrected chi connectivity index (χ3v) is 4.31. The summed E-state index contributed by atoms with van der Waals surface area (Å²) in [6, 6.07) is 13.4. The van der Waals surface area contributed by atoms with Gasteiger partial charge in [-0.2, -0.15) is 0 Å². The molecule has 4 aromatic rings. The number of nitrogens with zero attached hydrogens (tertiary/aromatic N) is 4. The maximum Gasteiger partial charge on any atom is 0.113 e. The highest BCUT2D eigenvalue weighted by Crippen LogP contribution is 2.21. The summed E-state index contributed by atoms with van der Waals surface area (Å²) in [7, 11) is 0. The Kier molecular flexibility index (Phi) is 3.96. The van der Waals surface area contributed by atoms with Crippen molar-refractivity contribution < 1.29 is 0 Å². The van der Waals surface area contributed by atoms with Crippen molar-refractivity contribution in [3.8, 4) is 0 Å². The third kappa shape index (κ3) is 3.13. The van der Waals surface area contributed by atoms with Gasteiger partial charge in [-0.3, -0.25) is 0 Å². The third-order valence-electron chi connectivity index (χ3n) is 3.72. The van der Waals surface area contributed by atoms with Gasteiger partial charge in [-0.25, -0.2) is 9.67 Å². The van der Waals surface area contributed by atoms with E-state index in [0.29, 0.717) is 23.0 Å². The molecule has 0 atom stereocenters. The predicted octanol–water partition coefficient (Wildman–Crippen LogP) is 4.10. The zero-order valence-electron chi connectivity index (χ0n) is 12.6. The van der Waals surface area contributed by atoms with E-state index in [1.807, 2.05) is 42.6 Å². The maximum atomic E-state index is 6.20. The number of benzene rings is 2. The number of hydrogen-bond acceptors (Lipinski definition) is 3. The first-order valence-corrected chi connectivity index (χ1v) is 8.19. The van der Waals surface area contributed by atoms with E-state index in [1.54, 1.807) is 10.7 Å². The number of H-pyrrole nitrogens is 1. The van der Waals surface area contributed by atoms with Gasteiger partial charge in [0.15, 0.2) is 0 Å². The Hall–Kier alpha value is -2.37. The molecule has 2 heterocycles. The van der Waals surface area contributed by atoms with Gasteiger partial charge in [0.1, 0.15) is 5.82 Å². The molecule has 4 rings (SSSR count). The molecule has 0 saturated heterocycles. The van der Waals surface area contributed by atoms with E-state index in [1.165, 1.54) is 0 Å². The standard InChI is InChI=1S/C17H13Cl2N5/c18-12-6-5-11(14(19)7-12)9-24-10-13(22-23-24)8-17-20-15-3-1-2-4-16(15)21-17/h1-7,10H,8-9H2,(H,20,21). The molecule has 0 fully saturated rings. The summed E-state index contributed by atoms with van der Waals surface area (Å²) in [5.74, 6) is 0.868. The van der Waals surface area contributed by atoms with Crippen LogP contribution in [0.5, 0.6) is 0 Å². The molecule has 120 valence electrons. The molecule has 0 bridgehead atoms.